The van der Waals surface area contributed by atoms with Gasteiger partial charge in [0.25, 0.3) is 0 Å². The Hall–Kier alpha value is -0.840. The van der Waals surface area contributed by atoms with E-state index in [0.29, 0.717) is 12.2 Å². The predicted molar refractivity (Wildman–Crippen MR) is 82.3 cm³/mol. The van der Waals surface area contributed by atoms with Crippen LogP contribution in [0.3, 0.4) is 0 Å². The lowest BCUT2D eigenvalue weighted by atomic mass is 9.96. The van der Waals surface area contributed by atoms with Crippen LogP contribution in [0.25, 0.3) is 0 Å². The number of carbonyl (C=O) groups is 1. The minimum atomic E-state index is -0.490. The molecule has 0 saturated carbocycles. The van der Waals surface area contributed by atoms with Crippen molar-refractivity contribution in [3.8, 4) is 0 Å². The summed E-state index contributed by atoms with van der Waals surface area (Å²) in [7, 11) is 0. The van der Waals surface area contributed by atoms with Crippen LogP contribution in [0.1, 0.15) is 19.8 Å². The van der Waals surface area contributed by atoms with Crippen molar-refractivity contribution in [1.82, 2.24) is 5.32 Å². The quantitative estimate of drug-likeness (QED) is 0.927. The van der Waals surface area contributed by atoms with Crippen molar-refractivity contribution in [2.24, 2.45) is 5.92 Å². The van der Waals surface area contributed by atoms with E-state index in [9.17, 15) is 9.18 Å². The number of piperidine rings is 1. The van der Waals surface area contributed by atoms with Crippen molar-refractivity contribution in [2.45, 2.75) is 19.8 Å². The number of anilines is 1. The van der Waals surface area contributed by atoms with Crippen molar-refractivity contribution in [2.75, 3.05) is 24.5 Å². The number of nitrogens with one attached hydrogen (secondary N) is 1. The van der Waals surface area contributed by atoms with Crippen molar-refractivity contribution >= 4 is 35.6 Å². The van der Waals surface area contributed by atoms with Crippen LogP contribution in [0.2, 0.25) is 5.02 Å². The highest BCUT2D eigenvalue weighted by Gasteiger charge is 2.26. The number of benzene rings is 1. The number of amides is 1. The third kappa shape index (κ3) is 3.84. The Labute approximate surface area is 129 Å². The van der Waals surface area contributed by atoms with Gasteiger partial charge in [-0.15, -0.1) is 12.4 Å². The van der Waals surface area contributed by atoms with Gasteiger partial charge in [0.15, 0.2) is 0 Å². The molecule has 0 radical (unpaired) electrons. The molecular weight excluding hydrogens is 302 g/mol. The summed E-state index contributed by atoms with van der Waals surface area (Å²) >= 11 is 5.67. The van der Waals surface area contributed by atoms with E-state index in [-0.39, 0.29) is 29.3 Å². The zero-order valence-electron chi connectivity index (χ0n) is 11.4. The Balaban J connectivity index is 0.00000200. The van der Waals surface area contributed by atoms with Crippen molar-refractivity contribution in [1.29, 1.82) is 0 Å². The Morgan fingerprint density at radius 3 is 2.65 bits per heavy atom. The van der Waals surface area contributed by atoms with Gasteiger partial charge in [0.2, 0.25) is 5.91 Å². The summed E-state index contributed by atoms with van der Waals surface area (Å²) in [6.07, 6.45) is 1.68. The molecule has 0 atom stereocenters. The lowest BCUT2D eigenvalue weighted by molar-refractivity contribution is -0.123. The molecule has 1 N–H and O–H groups in total. The Kier molecular flexibility index (Phi) is 6.72. The van der Waals surface area contributed by atoms with E-state index in [1.165, 1.54) is 12.1 Å². The van der Waals surface area contributed by atoms with Crippen molar-refractivity contribution in [3.63, 3.8) is 0 Å². The van der Waals surface area contributed by atoms with Gasteiger partial charge < -0.3 is 10.2 Å². The standard InChI is InChI=1S/C14H18ClFN2O.ClH/c1-2-18(11-3-4-12(15)13(16)9-11)14(19)10-5-7-17-8-6-10;/h3-4,9-10,17H,2,5-8H2,1H3;1H. The zero-order chi connectivity index (χ0) is 13.8. The molecule has 1 saturated heterocycles. The lowest BCUT2D eigenvalue weighted by Crippen LogP contribution is -2.41. The number of nitrogens with zero attached hydrogens (tertiary/aromatic N) is 1. The highest BCUT2D eigenvalue weighted by atomic mass is 35.5. The van der Waals surface area contributed by atoms with E-state index in [0.717, 1.165) is 25.9 Å². The number of carbonyl (C=O) groups excluding carboxylic acids is 1. The minimum absolute atomic E-state index is 0. The first kappa shape index (κ1) is 17.2. The third-order valence-corrected chi connectivity index (χ3v) is 3.79. The van der Waals surface area contributed by atoms with Crippen molar-refractivity contribution < 1.29 is 9.18 Å². The van der Waals surface area contributed by atoms with Gasteiger partial charge in [-0.2, -0.15) is 0 Å². The summed E-state index contributed by atoms with van der Waals surface area (Å²) in [5.74, 6) is -0.388. The summed E-state index contributed by atoms with van der Waals surface area (Å²) in [4.78, 5) is 14.1. The van der Waals surface area contributed by atoms with E-state index in [2.05, 4.69) is 5.32 Å². The molecular formula is C14H19Cl2FN2O. The highest BCUT2D eigenvalue weighted by Crippen LogP contribution is 2.25. The SMILES string of the molecule is CCN(C(=O)C1CCNCC1)c1ccc(Cl)c(F)c1.Cl. The number of hydrogen-bond acceptors (Lipinski definition) is 2. The number of rotatable bonds is 3. The second kappa shape index (κ2) is 7.81. The third-order valence-electron chi connectivity index (χ3n) is 3.49. The van der Waals surface area contributed by atoms with Gasteiger partial charge in [-0.25, -0.2) is 4.39 Å². The molecule has 1 aromatic carbocycles. The highest BCUT2D eigenvalue weighted by molar-refractivity contribution is 6.30. The van der Waals surface area contributed by atoms with Gasteiger partial charge in [0.05, 0.1) is 5.02 Å². The molecule has 2 rings (SSSR count). The van der Waals surface area contributed by atoms with Gasteiger partial charge in [0, 0.05) is 18.2 Å². The maximum absolute atomic E-state index is 13.5. The first-order chi connectivity index (χ1) is 9.13. The van der Waals surface area contributed by atoms with E-state index in [1.807, 2.05) is 6.92 Å². The average molecular weight is 321 g/mol. The molecule has 0 spiro atoms. The first-order valence-electron chi connectivity index (χ1n) is 6.60. The molecule has 1 heterocycles. The molecule has 0 aliphatic carbocycles. The van der Waals surface area contributed by atoms with E-state index < -0.39 is 5.82 Å². The summed E-state index contributed by atoms with van der Waals surface area (Å²) in [6, 6.07) is 4.50. The summed E-state index contributed by atoms with van der Waals surface area (Å²) < 4.78 is 13.5. The van der Waals surface area contributed by atoms with E-state index in [4.69, 9.17) is 11.6 Å². The molecule has 1 fully saturated rings. The maximum Gasteiger partial charge on any atom is 0.230 e. The van der Waals surface area contributed by atoms with Crippen LogP contribution in [-0.2, 0) is 4.79 Å². The smallest absolute Gasteiger partial charge is 0.230 e. The van der Waals surface area contributed by atoms with Gasteiger partial charge in [-0.1, -0.05) is 11.6 Å². The maximum atomic E-state index is 13.5. The van der Waals surface area contributed by atoms with E-state index >= 15 is 0 Å². The molecule has 0 aromatic heterocycles. The van der Waals surface area contributed by atoms with Crippen LogP contribution in [0.15, 0.2) is 18.2 Å². The molecule has 0 bridgehead atoms. The van der Waals surface area contributed by atoms with Crippen LogP contribution >= 0.6 is 24.0 Å². The first-order valence-corrected chi connectivity index (χ1v) is 6.98. The summed E-state index contributed by atoms with van der Waals surface area (Å²) in [5.41, 5.74) is 0.577. The summed E-state index contributed by atoms with van der Waals surface area (Å²) in [5, 5.41) is 3.31. The fourth-order valence-electron chi connectivity index (χ4n) is 2.41. The van der Waals surface area contributed by atoms with Crippen LogP contribution in [-0.4, -0.2) is 25.5 Å². The monoisotopic (exact) mass is 320 g/mol. The number of hydrogen-bond donors (Lipinski definition) is 1. The normalized spacial score (nSPS) is 15.6. The molecule has 1 amide bonds. The summed E-state index contributed by atoms with van der Waals surface area (Å²) in [6.45, 7) is 4.15. The molecule has 6 heteroatoms. The van der Waals surface area contributed by atoms with Crippen LogP contribution in [0.4, 0.5) is 10.1 Å². The van der Waals surface area contributed by atoms with Gasteiger partial charge in [-0.05, 0) is 51.1 Å². The molecule has 1 aliphatic rings. The molecule has 3 nitrogen and oxygen atoms in total. The predicted octanol–water partition coefficient (Wildman–Crippen LogP) is 3.25. The van der Waals surface area contributed by atoms with Gasteiger partial charge >= 0.3 is 0 Å². The average Bonchev–Trinajstić information content (AvgIpc) is 2.44. The molecule has 20 heavy (non-hydrogen) atoms. The minimum Gasteiger partial charge on any atom is -0.317 e. The zero-order valence-corrected chi connectivity index (χ0v) is 12.9. The second-order valence-corrected chi connectivity index (χ2v) is 5.11. The van der Waals surface area contributed by atoms with Gasteiger partial charge in [0.1, 0.15) is 5.82 Å². The fourth-order valence-corrected chi connectivity index (χ4v) is 2.53. The van der Waals surface area contributed by atoms with E-state index in [1.54, 1.807) is 11.0 Å². The van der Waals surface area contributed by atoms with Crippen LogP contribution in [0.5, 0.6) is 0 Å². The Morgan fingerprint density at radius 2 is 2.10 bits per heavy atom. The van der Waals surface area contributed by atoms with Crippen molar-refractivity contribution in [3.05, 3.63) is 29.0 Å². The van der Waals surface area contributed by atoms with Crippen LogP contribution in [0, 0.1) is 11.7 Å². The largest absolute Gasteiger partial charge is 0.317 e. The number of halogens is 3. The lowest BCUT2D eigenvalue weighted by Gasteiger charge is -2.29. The van der Waals surface area contributed by atoms with Gasteiger partial charge in [-0.3, -0.25) is 4.79 Å². The fraction of sp³-hybridized carbons (Fsp3) is 0.500. The van der Waals surface area contributed by atoms with Crippen LogP contribution < -0.4 is 10.2 Å². The molecule has 1 aromatic rings. The molecule has 1 aliphatic heterocycles. The Bertz CT molecular complexity index is 464. The topological polar surface area (TPSA) is 32.3 Å². The second-order valence-electron chi connectivity index (χ2n) is 4.71. The molecule has 112 valence electrons. The molecule has 0 unspecified atom stereocenters. The Morgan fingerprint density at radius 1 is 1.45 bits per heavy atom.